The molecule has 0 aromatic heterocycles. The van der Waals surface area contributed by atoms with Crippen LogP contribution in [0.5, 0.6) is 5.75 Å². The van der Waals surface area contributed by atoms with Gasteiger partial charge >= 0.3 is 0 Å². The highest BCUT2D eigenvalue weighted by molar-refractivity contribution is 7.89. The molecule has 0 radical (unpaired) electrons. The van der Waals surface area contributed by atoms with Gasteiger partial charge in [-0.05, 0) is 79.3 Å². The zero-order chi connectivity index (χ0) is 26.9. The van der Waals surface area contributed by atoms with E-state index >= 15 is 0 Å². The lowest BCUT2D eigenvalue weighted by atomic mass is 9.74. The predicted molar refractivity (Wildman–Crippen MR) is 151 cm³/mol. The van der Waals surface area contributed by atoms with Crippen LogP contribution in [-0.2, 0) is 14.8 Å². The second-order valence-electron chi connectivity index (χ2n) is 10.5. The summed E-state index contributed by atoms with van der Waals surface area (Å²) < 4.78 is 40.2. The quantitative estimate of drug-likeness (QED) is 0.415. The molecule has 2 aliphatic heterocycles. The Bertz CT molecular complexity index is 1370. The highest BCUT2D eigenvalue weighted by atomic mass is 32.2. The third kappa shape index (κ3) is 5.00. The van der Waals surface area contributed by atoms with Crippen molar-refractivity contribution < 1.29 is 17.9 Å². The van der Waals surface area contributed by atoms with E-state index in [2.05, 4.69) is 48.2 Å². The van der Waals surface area contributed by atoms with Gasteiger partial charge in [-0.25, -0.2) is 8.42 Å². The first-order chi connectivity index (χ1) is 18.3. The summed E-state index contributed by atoms with van der Waals surface area (Å²) >= 11 is 0. The molecule has 0 bridgehead atoms. The van der Waals surface area contributed by atoms with Crippen molar-refractivity contribution in [1.29, 1.82) is 0 Å². The number of ether oxygens (including phenoxy) is 2. The van der Waals surface area contributed by atoms with Gasteiger partial charge in [-0.1, -0.05) is 48.5 Å². The zero-order valence-electron chi connectivity index (χ0n) is 22.8. The average molecular weight is 535 g/mol. The maximum atomic E-state index is 13.8. The molecule has 38 heavy (non-hydrogen) atoms. The minimum absolute atomic E-state index is 0.114. The Balaban J connectivity index is 1.44. The first-order valence-corrected chi connectivity index (χ1v) is 14.8. The minimum Gasteiger partial charge on any atom is -0.497 e. The lowest BCUT2D eigenvalue weighted by Crippen LogP contribution is -2.68. The van der Waals surface area contributed by atoms with E-state index in [1.807, 2.05) is 31.2 Å². The summed E-state index contributed by atoms with van der Waals surface area (Å²) in [5, 5.41) is 0. The van der Waals surface area contributed by atoms with Gasteiger partial charge in [0.1, 0.15) is 5.75 Å². The summed E-state index contributed by atoms with van der Waals surface area (Å²) in [7, 11) is -0.144. The molecule has 7 heteroatoms. The molecule has 0 spiro atoms. The Kier molecular flexibility index (Phi) is 7.91. The fourth-order valence-corrected chi connectivity index (χ4v) is 7.96. The van der Waals surface area contributed by atoms with Gasteiger partial charge in [0.15, 0.2) is 0 Å². The van der Waals surface area contributed by atoms with Crippen LogP contribution in [-0.4, -0.2) is 70.2 Å². The molecule has 3 aromatic rings. The van der Waals surface area contributed by atoms with Gasteiger partial charge in [-0.2, -0.15) is 4.31 Å². The fraction of sp³-hybridized carbons (Fsp3) is 0.419. The van der Waals surface area contributed by atoms with Crippen molar-refractivity contribution in [2.45, 2.75) is 49.6 Å². The van der Waals surface area contributed by atoms with Crippen molar-refractivity contribution in [2.24, 2.45) is 0 Å². The number of hydrogen-bond acceptors (Lipinski definition) is 5. The lowest BCUT2D eigenvalue weighted by molar-refractivity contribution is -0.0635. The minimum atomic E-state index is -3.58. The molecule has 3 atom stereocenters. The van der Waals surface area contributed by atoms with Crippen LogP contribution in [0.3, 0.4) is 0 Å². The molecule has 3 aromatic carbocycles. The molecule has 2 heterocycles. The third-order valence-corrected chi connectivity index (χ3v) is 10.3. The zero-order valence-corrected chi connectivity index (χ0v) is 23.6. The first-order valence-electron chi connectivity index (χ1n) is 13.4. The summed E-state index contributed by atoms with van der Waals surface area (Å²) in [6, 6.07) is 22.6. The second-order valence-corrected chi connectivity index (χ2v) is 12.4. The average Bonchev–Trinajstić information content (AvgIpc) is 2.90. The van der Waals surface area contributed by atoms with Crippen molar-refractivity contribution >= 4 is 10.0 Å². The van der Waals surface area contributed by atoms with Crippen molar-refractivity contribution in [2.75, 3.05) is 40.5 Å². The van der Waals surface area contributed by atoms with Crippen molar-refractivity contribution in [3.8, 4) is 16.9 Å². The normalized spacial score (nSPS) is 22.7. The van der Waals surface area contributed by atoms with Gasteiger partial charge in [0.25, 0.3) is 0 Å². The first kappa shape index (κ1) is 26.9. The molecule has 0 amide bonds. The smallest absolute Gasteiger partial charge is 0.243 e. The summed E-state index contributed by atoms with van der Waals surface area (Å²) in [5.74, 6) is 1.06. The second kappa shape index (κ2) is 11.2. The number of benzene rings is 3. The molecule has 1 unspecified atom stereocenters. The van der Waals surface area contributed by atoms with Gasteiger partial charge in [0.2, 0.25) is 10.0 Å². The molecule has 0 N–H and O–H groups in total. The number of sulfonamides is 1. The molecule has 0 aliphatic carbocycles. The van der Waals surface area contributed by atoms with E-state index < -0.39 is 10.0 Å². The molecule has 2 aliphatic rings. The SMILES string of the molecule is COC[C@@H]1C(c2ccc(-c3ccc(OC)cc3C)cc2)[C@@H]2CN(S(=O)(=O)c3ccccc3C)CCCCN12. The van der Waals surface area contributed by atoms with Crippen LogP contribution in [0.25, 0.3) is 11.1 Å². The Morgan fingerprint density at radius 2 is 1.63 bits per heavy atom. The Morgan fingerprint density at radius 3 is 2.32 bits per heavy atom. The van der Waals surface area contributed by atoms with Crippen LogP contribution >= 0.6 is 0 Å². The van der Waals surface area contributed by atoms with Crippen LogP contribution in [0, 0.1) is 13.8 Å². The monoisotopic (exact) mass is 534 g/mol. The van der Waals surface area contributed by atoms with Crippen molar-refractivity contribution in [3.63, 3.8) is 0 Å². The number of methoxy groups -OCH3 is 2. The van der Waals surface area contributed by atoms with Gasteiger partial charge in [0, 0.05) is 38.2 Å². The molecule has 0 saturated carbocycles. The van der Waals surface area contributed by atoms with Crippen LogP contribution in [0.2, 0.25) is 0 Å². The maximum Gasteiger partial charge on any atom is 0.243 e. The number of nitrogens with zero attached hydrogens (tertiary/aromatic N) is 2. The lowest BCUT2D eigenvalue weighted by Gasteiger charge is -2.57. The topological polar surface area (TPSA) is 59.1 Å². The van der Waals surface area contributed by atoms with E-state index in [0.717, 1.165) is 36.3 Å². The van der Waals surface area contributed by atoms with Crippen LogP contribution in [0.15, 0.2) is 71.6 Å². The number of aryl methyl sites for hydroxylation is 2. The van der Waals surface area contributed by atoms with Gasteiger partial charge < -0.3 is 9.47 Å². The number of rotatable bonds is 7. The third-order valence-electron chi connectivity index (χ3n) is 8.23. The molecule has 202 valence electrons. The number of fused-ring (bicyclic) bond motifs is 1. The molecular formula is C31H38N2O4S. The molecule has 2 saturated heterocycles. The molecule has 2 fully saturated rings. The highest BCUT2D eigenvalue weighted by Gasteiger charge is 2.50. The van der Waals surface area contributed by atoms with Crippen LogP contribution in [0.1, 0.15) is 35.4 Å². The van der Waals surface area contributed by atoms with E-state index in [-0.39, 0.29) is 18.0 Å². The molecule has 6 nitrogen and oxygen atoms in total. The molecule has 5 rings (SSSR count). The Hall–Kier alpha value is -2.71. The molecular weight excluding hydrogens is 496 g/mol. The summed E-state index contributed by atoms with van der Waals surface area (Å²) in [4.78, 5) is 2.88. The van der Waals surface area contributed by atoms with Gasteiger partial charge in [-0.15, -0.1) is 0 Å². The van der Waals surface area contributed by atoms with Crippen molar-refractivity contribution in [1.82, 2.24) is 9.21 Å². The van der Waals surface area contributed by atoms with Gasteiger partial charge in [-0.3, -0.25) is 4.90 Å². The summed E-state index contributed by atoms with van der Waals surface area (Å²) in [6.45, 7) is 6.61. The summed E-state index contributed by atoms with van der Waals surface area (Å²) in [5.41, 5.74) is 5.54. The van der Waals surface area contributed by atoms with Gasteiger partial charge in [0.05, 0.1) is 18.6 Å². The van der Waals surface area contributed by atoms with E-state index in [9.17, 15) is 8.42 Å². The summed E-state index contributed by atoms with van der Waals surface area (Å²) in [6.07, 6.45) is 1.83. The fourth-order valence-electron chi connectivity index (χ4n) is 6.24. The Labute approximate surface area is 227 Å². The van der Waals surface area contributed by atoms with Crippen LogP contribution in [0.4, 0.5) is 0 Å². The predicted octanol–water partition coefficient (Wildman–Crippen LogP) is 5.25. The van der Waals surface area contributed by atoms with Crippen molar-refractivity contribution in [3.05, 3.63) is 83.4 Å². The number of hydrogen-bond donors (Lipinski definition) is 0. The van der Waals surface area contributed by atoms with E-state index in [4.69, 9.17) is 9.47 Å². The maximum absolute atomic E-state index is 13.8. The largest absolute Gasteiger partial charge is 0.497 e. The van der Waals surface area contributed by atoms with E-state index in [1.54, 1.807) is 24.6 Å². The van der Waals surface area contributed by atoms with E-state index in [1.165, 1.54) is 16.7 Å². The van der Waals surface area contributed by atoms with Crippen LogP contribution < -0.4 is 4.74 Å². The Morgan fingerprint density at radius 1 is 0.895 bits per heavy atom. The highest BCUT2D eigenvalue weighted by Crippen LogP contribution is 2.43. The van der Waals surface area contributed by atoms with E-state index in [0.29, 0.717) is 24.6 Å². The standard InChI is InChI=1S/C31H38N2O4S/c1-22-9-5-6-10-30(22)38(34,35)32-17-7-8-18-33-28(20-32)31(29(33)21-36-3)25-13-11-24(12-14-25)27-16-15-26(37-4)19-23(27)2/h5-6,9-16,19,28-29,31H,7-8,17-18,20-21H2,1-4H3/t28-,29+,31?/m0/s1.